The third-order valence-electron chi connectivity index (χ3n) is 3.92. The van der Waals surface area contributed by atoms with E-state index in [9.17, 15) is 0 Å². The summed E-state index contributed by atoms with van der Waals surface area (Å²) in [7, 11) is 3.50. The standard InChI is InChI=1S/C17H27N5OS.HI/c1-12-6-7-15(24-12)10-19-17(18-4)20-11-16-13(2)21-22(14(16)3)8-9-23-5;/h6-7H,8-11H2,1-5H3,(H2,18,19,20);1H. The maximum Gasteiger partial charge on any atom is 0.191 e. The molecule has 0 aromatic carbocycles. The van der Waals surface area contributed by atoms with Crippen LogP contribution in [0.2, 0.25) is 0 Å². The van der Waals surface area contributed by atoms with Gasteiger partial charge in [-0.15, -0.1) is 35.3 Å². The van der Waals surface area contributed by atoms with Crippen molar-refractivity contribution in [2.45, 2.75) is 40.4 Å². The van der Waals surface area contributed by atoms with Gasteiger partial charge in [-0.2, -0.15) is 5.10 Å². The van der Waals surface area contributed by atoms with Crippen molar-refractivity contribution in [1.82, 2.24) is 20.4 Å². The Kier molecular flexibility index (Phi) is 9.44. The highest BCUT2D eigenvalue weighted by Gasteiger charge is 2.11. The summed E-state index contributed by atoms with van der Waals surface area (Å²) in [6.07, 6.45) is 0. The maximum atomic E-state index is 5.14. The molecule has 25 heavy (non-hydrogen) atoms. The number of nitrogens with zero attached hydrogens (tertiary/aromatic N) is 3. The van der Waals surface area contributed by atoms with Gasteiger partial charge in [-0.3, -0.25) is 9.67 Å². The Morgan fingerprint density at radius 3 is 2.56 bits per heavy atom. The van der Waals surface area contributed by atoms with E-state index in [1.54, 1.807) is 25.5 Å². The first-order valence-electron chi connectivity index (χ1n) is 8.06. The molecule has 0 unspecified atom stereocenters. The van der Waals surface area contributed by atoms with Crippen LogP contribution < -0.4 is 10.6 Å². The Bertz CT molecular complexity index is 695. The molecular weight excluding hydrogens is 449 g/mol. The van der Waals surface area contributed by atoms with Crippen molar-refractivity contribution in [3.63, 3.8) is 0 Å². The number of aliphatic imine (C=N–C) groups is 1. The minimum atomic E-state index is 0. The quantitative estimate of drug-likeness (QED) is 0.366. The molecule has 0 saturated carbocycles. The topological polar surface area (TPSA) is 63.5 Å². The number of nitrogens with one attached hydrogen (secondary N) is 2. The first-order chi connectivity index (χ1) is 11.5. The molecule has 0 aliphatic carbocycles. The molecule has 2 aromatic heterocycles. The van der Waals surface area contributed by atoms with Gasteiger partial charge in [-0.05, 0) is 32.9 Å². The van der Waals surface area contributed by atoms with Crippen LogP contribution in [-0.4, -0.2) is 36.5 Å². The molecule has 0 atom stereocenters. The van der Waals surface area contributed by atoms with Crippen LogP contribution in [-0.2, 0) is 24.4 Å². The second kappa shape index (κ2) is 10.8. The Morgan fingerprint density at radius 2 is 1.96 bits per heavy atom. The monoisotopic (exact) mass is 477 g/mol. The predicted molar refractivity (Wildman–Crippen MR) is 115 cm³/mol. The molecule has 0 bridgehead atoms. The maximum absolute atomic E-state index is 5.14. The summed E-state index contributed by atoms with van der Waals surface area (Å²) in [4.78, 5) is 6.92. The SMILES string of the molecule is CN=C(NCc1ccc(C)s1)NCc1c(C)nn(CCOC)c1C.I. The minimum Gasteiger partial charge on any atom is -0.383 e. The zero-order valence-electron chi connectivity index (χ0n) is 15.5. The molecule has 2 N–H and O–H groups in total. The van der Waals surface area contributed by atoms with Crippen LogP contribution in [0.5, 0.6) is 0 Å². The number of halogens is 1. The molecule has 0 saturated heterocycles. The van der Waals surface area contributed by atoms with Gasteiger partial charge in [0.15, 0.2) is 5.96 Å². The van der Waals surface area contributed by atoms with E-state index in [0.29, 0.717) is 13.2 Å². The molecule has 2 heterocycles. The Hall–Kier alpha value is -1.13. The molecule has 0 radical (unpaired) electrons. The third kappa shape index (κ3) is 6.27. The van der Waals surface area contributed by atoms with Gasteiger partial charge < -0.3 is 15.4 Å². The van der Waals surface area contributed by atoms with Gasteiger partial charge in [0.2, 0.25) is 0 Å². The van der Waals surface area contributed by atoms with E-state index in [0.717, 1.165) is 24.7 Å². The molecule has 0 fully saturated rings. The van der Waals surface area contributed by atoms with Gasteiger partial charge >= 0.3 is 0 Å². The van der Waals surface area contributed by atoms with Crippen LogP contribution in [0, 0.1) is 20.8 Å². The fraction of sp³-hybridized carbons (Fsp3) is 0.529. The second-order valence-electron chi connectivity index (χ2n) is 5.66. The van der Waals surface area contributed by atoms with E-state index in [2.05, 4.69) is 46.7 Å². The lowest BCUT2D eigenvalue weighted by atomic mass is 10.2. The highest BCUT2D eigenvalue weighted by atomic mass is 127. The number of hydrogen-bond donors (Lipinski definition) is 2. The Morgan fingerprint density at radius 1 is 1.24 bits per heavy atom. The van der Waals surface area contributed by atoms with Crippen molar-refractivity contribution in [3.05, 3.63) is 38.8 Å². The van der Waals surface area contributed by atoms with Crippen LogP contribution in [0.4, 0.5) is 0 Å². The normalized spacial score (nSPS) is 11.3. The molecule has 0 spiro atoms. The summed E-state index contributed by atoms with van der Waals surface area (Å²) in [5.74, 6) is 0.796. The van der Waals surface area contributed by atoms with E-state index in [1.165, 1.54) is 21.0 Å². The molecule has 6 nitrogen and oxygen atoms in total. The third-order valence-corrected chi connectivity index (χ3v) is 4.92. The van der Waals surface area contributed by atoms with E-state index < -0.39 is 0 Å². The summed E-state index contributed by atoms with van der Waals surface area (Å²) in [5, 5.41) is 11.3. The molecular formula is C17H28IN5OS. The average Bonchev–Trinajstić information content (AvgIpc) is 3.10. The first-order valence-corrected chi connectivity index (χ1v) is 8.88. The number of ether oxygens (including phenoxy) is 1. The lowest BCUT2D eigenvalue weighted by Crippen LogP contribution is -2.36. The van der Waals surface area contributed by atoms with Gasteiger partial charge in [-0.25, -0.2) is 0 Å². The van der Waals surface area contributed by atoms with Gasteiger partial charge in [0.05, 0.1) is 25.4 Å². The highest BCUT2D eigenvalue weighted by molar-refractivity contribution is 14.0. The van der Waals surface area contributed by atoms with Crippen molar-refractivity contribution in [2.24, 2.45) is 4.99 Å². The van der Waals surface area contributed by atoms with Crippen LogP contribution in [0.25, 0.3) is 0 Å². The van der Waals surface area contributed by atoms with Crippen LogP contribution in [0.15, 0.2) is 17.1 Å². The van der Waals surface area contributed by atoms with Crippen molar-refractivity contribution in [3.8, 4) is 0 Å². The van der Waals surface area contributed by atoms with E-state index in [-0.39, 0.29) is 24.0 Å². The summed E-state index contributed by atoms with van der Waals surface area (Å²) in [6, 6.07) is 4.29. The van der Waals surface area contributed by atoms with Crippen molar-refractivity contribution >= 4 is 41.3 Å². The first kappa shape index (κ1) is 21.9. The molecule has 0 aliphatic rings. The van der Waals surface area contributed by atoms with Gasteiger partial charge in [0.25, 0.3) is 0 Å². The molecule has 140 valence electrons. The minimum absolute atomic E-state index is 0. The lowest BCUT2D eigenvalue weighted by molar-refractivity contribution is 0.182. The van der Waals surface area contributed by atoms with Crippen molar-refractivity contribution in [2.75, 3.05) is 20.8 Å². The number of aromatic nitrogens is 2. The average molecular weight is 477 g/mol. The summed E-state index contributed by atoms with van der Waals surface area (Å²) >= 11 is 1.80. The number of thiophene rings is 1. The predicted octanol–water partition coefficient (Wildman–Crippen LogP) is 3.00. The number of hydrogen-bond acceptors (Lipinski definition) is 4. The van der Waals surface area contributed by atoms with Gasteiger partial charge in [-0.1, -0.05) is 0 Å². The Balaban J connectivity index is 0.00000312. The largest absolute Gasteiger partial charge is 0.383 e. The van der Waals surface area contributed by atoms with Crippen LogP contribution in [0.3, 0.4) is 0 Å². The van der Waals surface area contributed by atoms with Gasteiger partial charge in [0, 0.05) is 41.7 Å². The summed E-state index contributed by atoms with van der Waals surface area (Å²) < 4.78 is 7.14. The lowest BCUT2D eigenvalue weighted by Gasteiger charge is -2.11. The van der Waals surface area contributed by atoms with E-state index >= 15 is 0 Å². The fourth-order valence-electron chi connectivity index (χ4n) is 2.53. The van der Waals surface area contributed by atoms with Crippen LogP contribution in [0.1, 0.15) is 26.7 Å². The molecule has 0 aliphatic heterocycles. The molecule has 0 amide bonds. The smallest absolute Gasteiger partial charge is 0.191 e. The van der Waals surface area contributed by atoms with Crippen LogP contribution >= 0.6 is 35.3 Å². The van der Waals surface area contributed by atoms with Gasteiger partial charge in [0.1, 0.15) is 0 Å². The zero-order valence-corrected chi connectivity index (χ0v) is 18.7. The number of aryl methyl sites for hydroxylation is 2. The van der Waals surface area contributed by atoms with Crippen molar-refractivity contribution < 1.29 is 4.74 Å². The Labute approximate surface area is 171 Å². The number of methoxy groups -OCH3 is 1. The number of guanidine groups is 1. The zero-order chi connectivity index (χ0) is 17.5. The highest BCUT2D eigenvalue weighted by Crippen LogP contribution is 2.15. The number of rotatable bonds is 7. The fourth-order valence-corrected chi connectivity index (χ4v) is 3.36. The second-order valence-corrected chi connectivity index (χ2v) is 7.03. The molecule has 2 rings (SSSR count). The van der Waals surface area contributed by atoms with E-state index in [1.807, 2.05) is 11.6 Å². The van der Waals surface area contributed by atoms with Crippen molar-refractivity contribution in [1.29, 1.82) is 0 Å². The van der Waals surface area contributed by atoms with E-state index in [4.69, 9.17) is 4.74 Å². The summed E-state index contributed by atoms with van der Waals surface area (Å²) in [5.41, 5.74) is 3.42. The summed E-state index contributed by atoms with van der Waals surface area (Å²) in [6.45, 7) is 9.17. The molecule has 8 heteroatoms. The molecule has 2 aromatic rings.